The molecule has 0 radical (unpaired) electrons. The van der Waals surface area contributed by atoms with E-state index in [-0.39, 0.29) is 0 Å². The summed E-state index contributed by atoms with van der Waals surface area (Å²) in [4.78, 5) is 0. The van der Waals surface area contributed by atoms with Gasteiger partial charge in [0.15, 0.2) is 0 Å². The highest BCUT2D eigenvalue weighted by molar-refractivity contribution is 8.01. The van der Waals surface area contributed by atoms with E-state index in [4.69, 9.17) is 0 Å². The van der Waals surface area contributed by atoms with Crippen molar-refractivity contribution in [1.82, 2.24) is 0 Å². The largest absolute Gasteiger partial charge is 0.154 e. The summed E-state index contributed by atoms with van der Waals surface area (Å²) in [5, 5.41) is 0.920. The number of allylic oxidation sites excluding steroid dienone is 1. The summed E-state index contributed by atoms with van der Waals surface area (Å²) in [6, 6.07) is 0. The minimum Gasteiger partial charge on any atom is -0.154 e. The smallest absolute Gasteiger partial charge is 0.0263 e. The minimum atomic E-state index is 0.920. The van der Waals surface area contributed by atoms with Crippen LogP contribution in [0.5, 0.6) is 0 Å². The van der Waals surface area contributed by atoms with Crippen molar-refractivity contribution in [2.75, 3.05) is 5.75 Å². The number of thioether (sulfide) groups is 1. The van der Waals surface area contributed by atoms with Crippen LogP contribution < -0.4 is 0 Å². The van der Waals surface area contributed by atoms with Gasteiger partial charge >= 0.3 is 0 Å². The molecule has 0 saturated carbocycles. The summed E-state index contributed by atoms with van der Waals surface area (Å²) >= 11 is 2.10. The number of rotatable bonds is 0. The quantitative estimate of drug-likeness (QED) is 0.448. The number of hydrogen-bond acceptors (Lipinski definition) is 1. The first-order valence-corrected chi connectivity index (χ1v) is 4.30. The van der Waals surface area contributed by atoms with Crippen molar-refractivity contribution in [3.05, 3.63) is 12.2 Å². The summed E-state index contributed by atoms with van der Waals surface area (Å²) in [6.07, 6.45) is 7.49. The van der Waals surface area contributed by atoms with E-state index in [1.165, 1.54) is 18.6 Å². The second-order valence-corrected chi connectivity index (χ2v) is 3.77. The molecule has 0 spiro atoms. The van der Waals surface area contributed by atoms with Gasteiger partial charge in [0.2, 0.25) is 0 Å². The van der Waals surface area contributed by atoms with Crippen molar-refractivity contribution in [3.63, 3.8) is 0 Å². The lowest BCUT2D eigenvalue weighted by Crippen LogP contribution is -2.30. The number of fused-ring (bicyclic) bond motifs is 1. The van der Waals surface area contributed by atoms with Crippen LogP contribution in [0.15, 0.2) is 12.2 Å². The van der Waals surface area contributed by atoms with Gasteiger partial charge in [0.05, 0.1) is 0 Å². The van der Waals surface area contributed by atoms with Gasteiger partial charge in [-0.3, -0.25) is 0 Å². The molecule has 0 bridgehead atoms. The molecule has 1 aliphatic heterocycles. The van der Waals surface area contributed by atoms with Crippen molar-refractivity contribution < 1.29 is 0 Å². The first-order valence-electron chi connectivity index (χ1n) is 3.25. The summed E-state index contributed by atoms with van der Waals surface area (Å²) in [5.74, 6) is 2.49. The van der Waals surface area contributed by atoms with Crippen molar-refractivity contribution >= 4 is 11.8 Å². The number of hydrogen-bond donors (Lipinski definition) is 0. The molecule has 0 aromatic heterocycles. The maximum atomic E-state index is 2.38. The molecule has 8 heavy (non-hydrogen) atoms. The van der Waals surface area contributed by atoms with E-state index in [9.17, 15) is 0 Å². The molecule has 44 valence electrons. The Morgan fingerprint density at radius 1 is 1.50 bits per heavy atom. The molecule has 2 unspecified atom stereocenters. The molecule has 0 nitrogen and oxygen atoms in total. The van der Waals surface area contributed by atoms with Crippen LogP contribution in [-0.4, -0.2) is 11.0 Å². The Morgan fingerprint density at radius 2 is 2.50 bits per heavy atom. The van der Waals surface area contributed by atoms with Gasteiger partial charge in [0.1, 0.15) is 0 Å². The van der Waals surface area contributed by atoms with Crippen LogP contribution in [0.3, 0.4) is 0 Å². The van der Waals surface area contributed by atoms with E-state index in [2.05, 4.69) is 23.9 Å². The molecule has 1 saturated heterocycles. The Kier molecular flexibility index (Phi) is 1.11. The Balaban J connectivity index is 2.08. The highest BCUT2D eigenvalue weighted by Gasteiger charge is 2.30. The molecule has 0 N–H and O–H groups in total. The molecule has 1 heterocycles. The second kappa shape index (κ2) is 1.80. The molecule has 0 aromatic rings. The average molecular weight is 126 g/mol. The highest BCUT2D eigenvalue weighted by Crippen LogP contribution is 2.40. The van der Waals surface area contributed by atoms with E-state index >= 15 is 0 Å². The zero-order chi connectivity index (χ0) is 5.40. The van der Waals surface area contributed by atoms with Crippen LogP contribution in [0.4, 0.5) is 0 Å². The van der Waals surface area contributed by atoms with Crippen molar-refractivity contribution in [3.8, 4) is 0 Å². The maximum Gasteiger partial charge on any atom is 0.0263 e. The van der Waals surface area contributed by atoms with E-state index in [1.54, 1.807) is 0 Å². The Bertz CT molecular complexity index is 118. The zero-order valence-corrected chi connectivity index (χ0v) is 5.66. The average Bonchev–Trinajstić information content (AvgIpc) is 1.72. The van der Waals surface area contributed by atoms with Crippen molar-refractivity contribution in [2.24, 2.45) is 5.92 Å². The summed E-state index contributed by atoms with van der Waals surface area (Å²) < 4.78 is 0. The third-order valence-electron chi connectivity index (χ3n) is 2.00. The van der Waals surface area contributed by atoms with Gasteiger partial charge in [-0.25, -0.2) is 0 Å². The predicted octanol–water partition coefficient (Wildman–Crippen LogP) is 2.07. The fraction of sp³-hybridized carbons (Fsp3) is 0.714. The monoisotopic (exact) mass is 126 g/mol. The molecule has 1 fully saturated rings. The van der Waals surface area contributed by atoms with E-state index < -0.39 is 0 Å². The highest BCUT2D eigenvalue weighted by atomic mass is 32.2. The Labute approximate surface area is 54.4 Å². The van der Waals surface area contributed by atoms with E-state index in [1.807, 2.05) is 0 Å². The summed E-state index contributed by atoms with van der Waals surface area (Å²) in [5.41, 5.74) is 0. The third kappa shape index (κ3) is 0.609. The first-order chi connectivity index (χ1) is 3.97. The summed E-state index contributed by atoms with van der Waals surface area (Å²) in [7, 11) is 0. The molecule has 2 aliphatic rings. The normalized spacial score (nSPS) is 43.0. The van der Waals surface area contributed by atoms with Gasteiger partial charge in [-0.15, -0.1) is 0 Å². The third-order valence-corrected chi connectivity index (χ3v) is 3.54. The van der Waals surface area contributed by atoms with Crippen LogP contribution in [-0.2, 0) is 0 Å². The van der Waals surface area contributed by atoms with Gasteiger partial charge in [0, 0.05) is 5.25 Å². The molecule has 1 heteroatoms. The van der Waals surface area contributed by atoms with Gasteiger partial charge in [0.25, 0.3) is 0 Å². The minimum absolute atomic E-state index is 0.920. The van der Waals surface area contributed by atoms with Crippen LogP contribution in [0.2, 0.25) is 0 Å². The predicted molar refractivity (Wildman–Crippen MR) is 38.1 cm³/mol. The molecular weight excluding hydrogens is 116 g/mol. The topological polar surface area (TPSA) is 0 Å². The van der Waals surface area contributed by atoms with Crippen LogP contribution in [0, 0.1) is 5.92 Å². The van der Waals surface area contributed by atoms with E-state index in [0.717, 1.165) is 11.2 Å². The lowest BCUT2D eigenvalue weighted by Gasteiger charge is -2.36. The molecule has 0 amide bonds. The fourth-order valence-corrected chi connectivity index (χ4v) is 2.56. The first kappa shape index (κ1) is 4.92. The molecule has 2 rings (SSSR count). The molecule has 0 aromatic carbocycles. The van der Waals surface area contributed by atoms with Gasteiger partial charge in [-0.2, -0.15) is 11.8 Å². The van der Waals surface area contributed by atoms with Crippen LogP contribution in [0.1, 0.15) is 12.8 Å². The van der Waals surface area contributed by atoms with Crippen LogP contribution >= 0.6 is 11.8 Å². The van der Waals surface area contributed by atoms with Gasteiger partial charge in [-0.1, -0.05) is 12.2 Å². The SMILES string of the molecule is C1=CC2SCC2CC1. The van der Waals surface area contributed by atoms with E-state index in [0.29, 0.717) is 0 Å². The lowest BCUT2D eigenvalue weighted by molar-refractivity contribution is 0.516. The van der Waals surface area contributed by atoms with Crippen molar-refractivity contribution in [1.29, 1.82) is 0 Å². The molecule has 2 atom stereocenters. The molecular formula is C7H10S. The zero-order valence-electron chi connectivity index (χ0n) is 4.84. The summed E-state index contributed by atoms with van der Waals surface area (Å²) in [6.45, 7) is 0. The van der Waals surface area contributed by atoms with Gasteiger partial charge in [-0.05, 0) is 24.5 Å². The maximum absolute atomic E-state index is 2.38. The Morgan fingerprint density at radius 3 is 2.88 bits per heavy atom. The second-order valence-electron chi connectivity index (χ2n) is 2.56. The lowest BCUT2D eigenvalue weighted by atomic mass is 9.95. The fourth-order valence-electron chi connectivity index (χ4n) is 1.34. The van der Waals surface area contributed by atoms with Crippen molar-refractivity contribution in [2.45, 2.75) is 18.1 Å². The van der Waals surface area contributed by atoms with Gasteiger partial charge < -0.3 is 0 Å². The standard InChI is InChI=1S/C7H10S/c1-2-4-7-6(3-1)5-8-7/h2,4,6-7H,1,3,5H2. The van der Waals surface area contributed by atoms with Crippen LogP contribution in [0.25, 0.3) is 0 Å². The molecule has 1 aliphatic carbocycles. The Hall–Kier alpha value is 0.0900.